The first kappa shape index (κ1) is 11.5. The summed E-state index contributed by atoms with van der Waals surface area (Å²) >= 11 is 4.71. The molecule has 3 N–H and O–H groups in total. The summed E-state index contributed by atoms with van der Waals surface area (Å²) in [6.45, 7) is 0.192. The minimum absolute atomic E-state index is 0.192. The number of amides is 1. The molecule has 0 atom stereocenters. The monoisotopic (exact) mass is 245 g/mol. The van der Waals surface area contributed by atoms with Crippen molar-refractivity contribution in [2.24, 2.45) is 5.73 Å². The van der Waals surface area contributed by atoms with E-state index in [4.69, 9.17) is 18.0 Å². The van der Waals surface area contributed by atoms with E-state index in [2.05, 4.69) is 10.3 Å². The molecule has 0 spiro atoms. The van der Waals surface area contributed by atoms with Gasteiger partial charge in [0.1, 0.15) is 0 Å². The number of benzene rings is 1. The number of pyridine rings is 1. The summed E-state index contributed by atoms with van der Waals surface area (Å²) in [5.41, 5.74) is 6.54. The second kappa shape index (κ2) is 4.88. The van der Waals surface area contributed by atoms with Crippen LogP contribution in [0.5, 0.6) is 0 Å². The minimum atomic E-state index is -0.220. The molecule has 0 aliphatic heterocycles. The summed E-state index contributed by atoms with van der Waals surface area (Å²) in [7, 11) is 0. The van der Waals surface area contributed by atoms with Crippen LogP contribution in [0.15, 0.2) is 36.5 Å². The first-order chi connectivity index (χ1) is 8.18. The van der Waals surface area contributed by atoms with E-state index in [-0.39, 0.29) is 17.4 Å². The van der Waals surface area contributed by atoms with Crippen molar-refractivity contribution in [2.75, 3.05) is 6.54 Å². The highest BCUT2D eigenvalue weighted by Gasteiger charge is 2.09. The Bertz CT molecular complexity index is 577. The van der Waals surface area contributed by atoms with Gasteiger partial charge in [0.25, 0.3) is 5.91 Å². The van der Waals surface area contributed by atoms with Gasteiger partial charge in [-0.3, -0.25) is 9.78 Å². The van der Waals surface area contributed by atoms with Gasteiger partial charge in [-0.25, -0.2) is 0 Å². The number of hydrogen-bond acceptors (Lipinski definition) is 3. The van der Waals surface area contributed by atoms with Gasteiger partial charge in [-0.2, -0.15) is 0 Å². The highest BCUT2D eigenvalue weighted by atomic mass is 32.1. The van der Waals surface area contributed by atoms with E-state index < -0.39 is 0 Å². The maximum absolute atomic E-state index is 11.9. The molecule has 1 amide bonds. The van der Waals surface area contributed by atoms with Crippen molar-refractivity contribution < 1.29 is 4.79 Å². The van der Waals surface area contributed by atoms with Crippen molar-refractivity contribution in [2.45, 2.75) is 0 Å². The first-order valence-electron chi connectivity index (χ1n) is 5.09. The van der Waals surface area contributed by atoms with Crippen molar-refractivity contribution in [3.05, 3.63) is 42.1 Å². The SMILES string of the molecule is NC(=S)CNC(=O)c1cccc2cccnc12. The Morgan fingerprint density at radius 2 is 2.12 bits per heavy atom. The number of nitrogens with zero attached hydrogens (tertiary/aromatic N) is 1. The standard InChI is InChI=1S/C12H11N3OS/c13-10(17)7-15-12(16)9-5-1-3-8-4-2-6-14-11(8)9/h1-6H,7H2,(H2,13,17)(H,15,16). The second-order valence-corrected chi connectivity index (χ2v) is 4.05. The van der Waals surface area contributed by atoms with Crippen molar-refractivity contribution in [3.8, 4) is 0 Å². The molecule has 0 fully saturated rings. The third-order valence-electron chi connectivity index (χ3n) is 2.30. The van der Waals surface area contributed by atoms with Crippen LogP contribution < -0.4 is 11.1 Å². The predicted molar refractivity (Wildman–Crippen MR) is 70.9 cm³/mol. The smallest absolute Gasteiger partial charge is 0.253 e. The second-order valence-electron chi connectivity index (χ2n) is 3.53. The third kappa shape index (κ3) is 2.57. The van der Waals surface area contributed by atoms with E-state index in [9.17, 15) is 4.79 Å². The molecule has 0 aliphatic carbocycles. The maximum Gasteiger partial charge on any atom is 0.253 e. The van der Waals surface area contributed by atoms with Gasteiger partial charge < -0.3 is 11.1 Å². The molecule has 1 aromatic carbocycles. The Morgan fingerprint density at radius 3 is 2.88 bits per heavy atom. The summed E-state index contributed by atoms with van der Waals surface area (Å²) < 4.78 is 0. The number of hydrogen-bond donors (Lipinski definition) is 2. The fourth-order valence-electron chi connectivity index (χ4n) is 1.55. The van der Waals surface area contributed by atoms with Crippen LogP contribution in [0.3, 0.4) is 0 Å². The summed E-state index contributed by atoms with van der Waals surface area (Å²) in [6.07, 6.45) is 1.66. The quantitative estimate of drug-likeness (QED) is 0.799. The largest absolute Gasteiger partial charge is 0.392 e. The summed E-state index contributed by atoms with van der Waals surface area (Å²) in [5.74, 6) is -0.220. The van der Waals surface area contributed by atoms with Gasteiger partial charge >= 0.3 is 0 Å². The van der Waals surface area contributed by atoms with Crippen LogP contribution in [0, 0.1) is 0 Å². The average Bonchev–Trinajstić information content (AvgIpc) is 2.35. The average molecular weight is 245 g/mol. The normalized spacial score (nSPS) is 10.1. The van der Waals surface area contributed by atoms with Crippen molar-refractivity contribution in [3.63, 3.8) is 0 Å². The Balaban J connectivity index is 2.35. The molecule has 0 saturated carbocycles. The van der Waals surface area contributed by atoms with Gasteiger partial charge in [0.2, 0.25) is 0 Å². The fraction of sp³-hybridized carbons (Fsp3) is 0.0833. The molecule has 0 unspecified atom stereocenters. The zero-order valence-corrected chi connectivity index (χ0v) is 9.83. The van der Waals surface area contributed by atoms with E-state index >= 15 is 0 Å². The number of nitrogens with one attached hydrogen (secondary N) is 1. The van der Waals surface area contributed by atoms with Gasteiger partial charge in [0.05, 0.1) is 22.6 Å². The van der Waals surface area contributed by atoms with Crippen LogP contribution in [0.25, 0.3) is 10.9 Å². The van der Waals surface area contributed by atoms with E-state index in [0.717, 1.165) is 5.39 Å². The minimum Gasteiger partial charge on any atom is -0.392 e. The van der Waals surface area contributed by atoms with Gasteiger partial charge in [-0.1, -0.05) is 30.4 Å². The topological polar surface area (TPSA) is 68.0 Å². The van der Waals surface area contributed by atoms with Gasteiger partial charge in [-0.05, 0) is 12.1 Å². The van der Waals surface area contributed by atoms with Crippen LogP contribution in [-0.2, 0) is 0 Å². The number of carbonyl (C=O) groups excluding carboxylic acids is 1. The van der Waals surface area contributed by atoms with Crippen LogP contribution in [0.2, 0.25) is 0 Å². The third-order valence-corrected chi connectivity index (χ3v) is 2.44. The molecule has 2 rings (SSSR count). The van der Waals surface area contributed by atoms with E-state index in [1.54, 1.807) is 12.3 Å². The molecular formula is C12H11N3OS. The molecule has 0 aliphatic rings. The molecule has 1 heterocycles. The fourth-order valence-corrected chi connectivity index (χ4v) is 1.62. The Hall–Kier alpha value is -2.01. The molecule has 5 heteroatoms. The molecule has 17 heavy (non-hydrogen) atoms. The zero-order chi connectivity index (χ0) is 12.3. The van der Waals surface area contributed by atoms with Crippen molar-refractivity contribution in [1.82, 2.24) is 10.3 Å². The zero-order valence-electron chi connectivity index (χ0n) is 9.01. The molecule has 4 nitrogen and oxygen atoms in total. The lowest BCUT2D eigenvalue weighted by Crippen LogP contribution is -2.32. The Morgan fingerprint density at radius 1 is 1.35 bits per heavy atom. The molecule has 2 aromatic rings. The molecular weight excluding hydrogens is 234 g/mol. The van der Waals surface area contributed by atoms with Gasteiger partial charge in [-0.15, -0.1) is 0 Å². The number of fused-ring (bicyclic) bond motifs is 1. The first-order valence-corrected chi connectivity index (χ1v) is 5.49. The van der Waals surface area contributed by atoms with Crippen LogP contribution in [0.1, 0.15) is 10.4 Å². The van der Waals surface area contributed by atoms with Crippen LogP contribution in [0.4, 0.5) is 0 Å². The number of carbonyl (C=O) groups is 1. The van der Waals surface area contributed by atoms with E-state index in [1.165, 1.54) is 0 Å². The number of para-hydroxylation sites is 1. The van der Waals surface area contributed by atoms with Gasteiger partial charge in [0.15, 0.2) is 0 Å². The molecule has 86 valence electrons. The number of rotatable bonds is 3. The Kier molecular flexibility index (Phi) is 3.30. The van der Waals surface area contributed by atoms with Crippen LogP contribution in [-0.4, -0.2) is 22.4 Å². The lowest BCUT2D eigenvalue weighted by atomic mass is 10.1. The maximum atomic E-state index is 11.9. The predicted octanol–water partition coefficient (Wildman–Crippen LogP) is 1.25. The highest BCUT2D eigenvalue weighted by Crippen LogP contribution is 2.15. The Labute approximate surface area is 104 Å². The van der Waals surface area contributed by atoms with Crippen molar-refractivity contribution in [1.29, 1.82) is 0 Å². The lowest BCUT2D eigenvalue weighted by Gasteiger charge is -2.06. The molecule has 0 saturated heterocycles. The van der Waals surface area contributed by atoms with Crippen molar-refractivity contribution >= 4 is 34.0 Å². The van der Waals surface area contributed by atoms with Gasteiger partial charge in [0, 0.05) is 11.6 Å². The molecule has 0 bridgehead atoms. The number of nitrogens with two attached hydrogens (primary N) is 1. The van der Waals surface area contributed by atoms with E-state index in [0.29, 0.717) is 11.1 Å². The summed E-state index contributed by atoms with van der Waals surface area (Å²) in [6, 6.07) is 9.20. The molecule has 0 radical (unpaired) electrons. The highest BCUT2D eigenvalue weighted by molar-refractivity contribution is 7.80. The lowest BCUT2D eigenvalue weighted by molar-refractivity contribution is 0.0961. The van der Waals surface area contributed by atoms with E-state index in [1.807, 2.05) is 24.3 Å². The summed E-state index contributed by atoms with van der Waals surface area (Å²) in [5, 5.41) is 3.57. The number of aromatic nitrogens is 1. The molecule has 1 aromatic heterocycles. The number of thiocarbonyl (C=S) groups is 1. The summed E-state index contributed by atoms with van der Waals surface area (Å²) in [4.78, 5) is 16.4. The van der Waals surface area contributed by atoms with Crippen LogP contribution >= 0.6 is 12.2 Å².